The summed E-state index contributed by atoms with van der Waals surface area (Å²) < 4.78 is 10.5. The summed E-state index contributed by atoms with van der Waals surface area (Å²) in [6.07, 6.45) is 2.60. The van der Waals surface area contributed by atoms with Crippen LogP contribution in [0.3, 0.4) is 0 Å². The molecule has 0 saturated carbocycles. The minimum atomic E-state index is 0.0203. The van der Waals surface area contributed by atoms with E-state index < -0.39 is 0 Å². The molecular weight excluding hydrogens is 270 g/mol. The number of methoxy groups -OCH3 is 1. The Labute approximate surface area is 125 Å². The monoisotopic (exact) mass is 293 g/mol. The topological polar surface area (TPSA) is 64.6 Å². The number of carbonyl (C=O) groups is 1. The normalized spacial score (nSPS) is 18.2. The number of likely N-dealkylation sites (tertiary alicyclic amines) is 1. The fourth-order valence-electron chi connectivity index (χ4n) is 2.51. The highest BCUT2D eigenvalue weighted by Crippen LogP contribution is 2.19. The molecule has 0 bridgehead atoms. The molecule has 1 fully saturated rings. The van der Waals surface area contributed by atoms with Crippen LogP contribution in [0.2, 0.25) is 0 Å². The summed E-state index contributed by atoms with van der Waals surface area (Å²) in [7, 11) is 1.66. The summed E-state index contributed by atoms with van der Waals surface area (Å²) in [5.74, 6) is 1.11. The molecule has 0 spiro atoms. The molecule has 1 aromatic rings. The number of aryl methyl sites for hydroxylation is 2. The average Bonchev–Trinajstić information content (AvgIpc) is 2.92. The van der Waals surface area contributed by atoms with Gasteiger partial charge in [-0.05, 0) is 20.3 Å². The van der Waals surface area contributed by atoms with Gasteiger partial charge in [-0.2, -0.15) is 0 Å². The van der Waals surface area contributed by atoms with Gasteiger partial charge in [0.25, 0.3) is 5.91 Å². The van der Waals surface area contributed by atoms with Crippen molar-refractivity contribution in [1.29, 1.82) is 0 Å². The van der Waals surface area contributed by atoms with Crippen LogP contribution in [-0.2, 0) is 9.47 Å². The van der Waals surface area contributed by atoms with E-state index in [-0.39, 0.29) is 5.91 Å². The maximum absolute atomic E-state index is 12.5. The predicted octanol–water partition coefficient (Wildman–Crippen LogP) is 1.22. The molecule has 0 aliphatic carbocycles. The Balaban J connectivity index is 1.87. The first kappa shape index (κ1) is 15.9. The van der Waals surface area contributed by atoms with E-state index in [0.29, 0.717) is 37.1 Å². The van der Waals surface area contributed by atoms with E-state index in [4.69, 9.17) is 9.47 Å². The summed E-state index contributed by atoms with van der Waals surface area (Å²) in [6, 6.07) is 0. The van der Waals surface area contributed by atoms with Crippen LogP contribution in [0.15, 0.2) is 6.20 Å². The van der Waals surface area contributed by atoms with E-state index in [9.17, 15) is 4.79 Å². The molecule has 1 aliphatic heterocycles. The molecule has 1 atom stereocenters. The van der Waals surface area contributed by atoms with Crippen LogP contribution in [0.4, 0.5) is 0 Å². The van der Waals surface area contributed by atoms with Gasteiger partial charge < -0.3 is 14.4 Å². The number of rotatable bonds is 6. The fraction of sp³-hybridized carbons (Fsp3) is 0.667. The van der Waals surface area contributed by atoms with E-state index in [0.717, 1.165) is 25.2 Å². The lowest BCUT2D eigenvalue weighted by Gasteiger charge is -2.17. The highest BCUT2D eigenvalue weighted by molar-refractivity contribution is 5.95. The van der Waals surface area contributed by atoms with Gasteiger partial charge in [0.2, 0.25) is 0 Å². The van der Waals surface area contributed by atoms with Crippen molar-refractivity contribution in [2.24, 2.45) is 5.92 Å². The number of nitrogens with zero attached hydrogens (tertiary/aromatic N) is 3. The Morgan fingerprint density at radius 2 is 2.24 bits per heavy atom. The average molecular weight is 293 g/mol. The molecule has 1 saturated heterocycles. The van der Waals surface area contributed by atoms with Crippen molar-refractivity contribution in [2.45, 2.75) is 20.3 Å². The van der Waals surface area contributed by atoms with Crippen molar-refractivity contribution < 1.29 is 14.3 Å². The van der Waals surface area contributed by atoms with Crippen molar-refractivity contribution >= 4 is 5.91 Å². The third-order valence-corrected chi connectivity index (χ3v) is 3.69. The minimum Gasteiger partial charge on any atom is -0.382 e. The second-order valence-corrected chi connectivity index (χ2v) is 5.39. The zero-order valence-electron chi connectivity index (χ0n) is 13.0. The molecule has 1 aromatic heterocycles. The van der Waals surface area contributed by atoms with Gasteiger partial charge in [-0.15, -0.1) is 0 Å². The van der Waals surface area contributed by atoms with Crippen LogP contribution in [0.1, 0.15) is 28.3 Å². The molecule has 0 N–H and O–H groups in total. The van der Waals surface area contributed by atoms with Gasteiger partial charge in [0, 0.05) is 32.3 Å². The van der Waals surface area contributed by atoms with Crippen molar-refractivity contribution in [1.82, 2.24) is 14.9 Å². The van der Waals surface area contributed by atoms with Gasteiger partial charge in [-0.3, -0.25) is 4.79 Å². The highest BCUT2D eigenvalue weighted by atomic mass is 16.5. The van der Waals surface area contributed by atoms with Crippen LogP contribution in [0, 0.1) is 19.8 Å². The van der Waals surface area contributed by atoms with Crippen LogP contribution < -0.4 is 0 Å². The number of carbonyl (C=O) groups excluding carboxylic acids is 1. The lowest BCUT2D eigenvalue weighted by Crippen LogP contribution is -2.30. The summed E-state index contributed by atoms with van der Waals surface area (Å²) in [6.45, 7) is 7.06. The van der Waals surface area contributed by atoms with Gasteiger partial charge in [0.15, 0.2) is 0 Å². The number of ether oxygens (including phenoxy) is 2. The molecule has 0 aromatic carbocycles. The number of hydrogen-bond acceptors (Lipinski definition) is 5. The van der Waals surface area contributed by atoms with Crippen molar-refractivity contribution in [3.8, 4) is 0 Å². The van der Waals surface area contributed by atoms with Crippen LogP contribution in [-0.4, -0.2) is 60.8 Å². The molecule has 2 heterocycles. The standard InChI is InChI=1S/C15H23N3O3/c1-11-14(8-16-12(2)17-11)15(19)18-5-4-13(9-18)10-21-7-6-20-3/h8,13H,4-7,9-10H2,1-3H3. The Morgan fingerprint density at radius 1 is 1.43 bits per heavy atom. The first-order valence-corrected chi connectivity index (χ1v) is 7.28. The molecular formula is C15H23N3O3. The second-order valence-electron chi connectivity index (χ2n) is 5.39. The van der Waals surface area contributed by atoms with Crippen molar-refractivity contribution in [3.05, 3.63) is 23.3 Å². The fourth-order valence-corrected chi connectivity index (χ4v) is 2.51. The van der Waals surface area contributed by atoms with Crippen LogP contribution >= 0.6 is 0 Å². The van der Waals surface area contributed by atoms with Gasteiger partial charge in [-0.1, -0.05) is 0 Å². The third-order valence-electron chi connectivity index (χ3n) is 3.69. The van der Waals surface area contributed by atoms with Gasteiger partial charge in [0.1, 0.15) is 5.82 Å². The molecule has 21 heavy (non-hydrogen) atoms. The molecule has 1 amide bonds. The first-order chi connectivity index (χ1) is 10.1. The largest absolute Gasteiger partial charge is 0.382 e. The summed E-state index contributed by atoms with van der Waals surface area (Å²) in [5, 5.41) is 0. The van der Waals surface area contributed by atoms with E-state index >= 15 is 0 Å². The zero-order valence-corrected chi connectivity index (χ0v) is 13.0. The quantitative estimate of drug-likeness (QED) is 0.738. The predicted molar refractivity (Wildman–Crippen MR) is 78.2 cm³/mol. The third kappa shape index (κ3) is 4.22. The molecule has 6 heteroatoms. The van der Waals surface area contributed by atoms with Crippen LogP contribution in [0.25, 0.3) is 0 Å². The van der Waals surface area contributed by atoms with E-state index in [2.05, 4.69) is 9.97 Å². The molecule has 6 nitrogen and oxygen atoms in total. The van der Waals surface area contributed by atoms with Gasteiger partial charge >= 0.3 is 0 Å². The second kappa shape index (κ2) is 7.47. The summed E-state index contributed by atoms with van der Waals surface area (Å²) >= 11 is 0. The SMILES string of the molecule is COCCOCC1CCN(C(=O)c2cnc(C)nc2C)C1. The molecule has 0 radical (unpaired) electrons. The highest BCUT2D eigenvalue weighted by Gasteiger charge is 2.28. The Morgan fingerprint density at radius 3 is 2.95 bits per heavy atom. The van der Waals surface area contributed by atoms with Crippen LogP contribution in [0.5, 0.6) is 0 Å². The lowest BCUT2D eigenvalue weighted by atomic mass is 10.1. The van der Waals surface area contributed by atoms with E-state index in [1.807, 2.05) is 18.7 Å². The number of amides is 1. The summed E-state index contributed by atoms with van der Waals surface area (Å²) in [5.41, 5.74) is 1.34. The maximum atomic E-state index is 12.5. The smallest absolute Gasteiger partial charge is 0.257 e. The van der Waals surface area contributed by atoms with Gasteiger partial charge in [0.05, 0.1) is 31.1 Å². The lowest BCUT2D eigenvalue weighted by molar-refractivity contribution is 0.0515. The summed E-state index contributed by atoms with van der Waals surface area (Å²) in [4.78, 5) is 22.7. The maximum Gasteiger partial charge on any atom is 0.257 e. The van der Waals surface area contributed by atoms with E-state index in [1.165, 1.54) is 0 Å². The molecule has 116 valence electrons. The van der Waals surface area contributed by atoms with Crippen molar-refractivity contribution in [3.63, 3.8) is 0 Å². The first-order valence-electron chi connectivity index (χ1n) is 7.28. The zero-order chi connectivity index (χ0) is 15.2. The number of hydrogen-bond donors (Lipinski definition) is 0. The molecule has 2 rings (SSSR count). The Bertz CT molecular complexity index is 493. The molecule has 1 aliphatic rings. The van der Waals surface area contributed by atoms with Gasteiger partial charge in [-0.25, -0.2) is 9.97 Å². The van der Waals surface area contributed by atoms with E-state index in [1.54, 1.807) is 13.3 Å². The molecule has 1 unspecified atom stereocenters. The Kier molecular flexibility index (Phi) is 5.64. The van der Waals surface area contributed by atoms with Crippen molar-refractivity contribution in [2.75, 3.05) is 40.0 Å². The Hall–Kier alpha value is -1.53. The number of aromatic nitrogens is 2. The minimum absolute atomic E-state index is 0.0203.